The molecule has 1 amide bonds. The predicted octanol–water partition coefficient (Wildman–Crippen LogP) is 4.89. The van der Waals surface area contributed by atoms with Crippen LogP contribution in [0.3, 0.4) is 0 Å². The minimum atomic E-state index is -0.450. The number of esters is 1. The van der Waals surface area contributed by atoms with Gasteiger partial charge in [-0.1, -0.05) is 42.0 Å². The molecule has 0 spiro atoms. The number of anilines is 2. The second-order valence-corrected chi connectivity index (χ2v) is 9.62. The molecule has 0 saturated carbocycles. The molecule has 1 fully saturated rings. The van der Waals surface area contributed by atoms with Crippen LogP contribution in [0, 0.1) is 20.8 Å². The molecule has 0 bridgehead atoms. The number of amides is 1. The van der Waals surface area contributed by atoms with E-state index in [1.807, 2.05) is 36.6 Å². The summed E-state index contributed by atoms with van der Waals surface area (Å²) < 4.78 is 5.03. The monoisotopic (exact) mass is 477 g/mol. The Balaban J connectivity index is 1.41. The summed E-state index contributed by atoms with van der Waals surface area (Å²) in [6, 6.07) is 14.4. The molecule has 0 radical (unpaired) electrons. The summed E-state index contributed by atoms with van der Waals surface area (Å²) in [4.78, 5) is 30.0. The third-order valence-electron chi connectivity index (χ3n) is 6.45. The van der Waals surface area contributed by atoms with Gasteiger partial charge in [-0.3, -0.25) is 9.69 Å². The average molecular weight is 478 g/mol. The van der Waals surface area contributed by atoms with Crippen LogP contribution in [-0.4, -0.2) is 56.6 Å². The van der Waals surface area contributed by atoms with E-state index in [0.717, 1.165) is 42.9 Å². The van der Waals surface area contributed by atoms with Crippen LogP contribution in [0.5, 0.6) is 0 Å². The molecule has 178 valence electrons. The number of hydrogen-bond acceptors (Lipinski definition) is 6. The van der Waals surface area contributed by atoms with Gasteiger partial charge in [0.1, 0.15) is 10.6 Å². The number of carbonyl (C=O) groups is 2. The van der Waals surface area contributed by atoms with E-state index in [-0.39, 0.29) is 5.91 Å². The molecule has 1 aliphatic heterocycles. The number of nitrogens with one attached hydrogen (secondary N) is 1. The van der Waals surface area contributed by atoms with Crippen LogP contribution in [0.1, 0.15) is 27.0 Å². The highest BCUT2D eigenvalue weighted by atomic mass is 32.1. The fourth-order valence-electron chi connectivity index (χ4n) is 4.29. The first-order chi connectivity index (χ1) is 16.4. The third kappa shape index (κ3) is 5.16. The Morgan fingerprint density at radius 1 is 1.00 bits per heavy atom. The molecule has 2 aromatic carbocycles. The second kappa shape index (κ2) is 10.4. The largest absolute Gasteiger partial charge is 0.465 e. The van der Waals surface area contributed by atoms with Crippen LogP contribution in [0.15, 0.2) is 47.8 Å². The standard InChI is InChI=1S/C27H31N3O3S/c1-18-8-10-21(11-9-18)22-17-34-26(25(22)27(32)33-4)28-24(31)16-29-12-14-30(15-13-29)23-7-5-6-19(2)20(23)3/h5-11,17H,12-16H2,1-4H3,(H,28,31). The van der Waals surface area contributed by atoms with Crippen molar-refractivity contribution in [2.45, 2.75) is 20.8 Å². The van der Waals surface area contributed by atoms with Crippen LogP contribution < -0.4 is 10.2 Å². The summed E-state index contributed by atoms with van der Waals surface area (Å²) >= 11 is 1.35. The fraction of sp³-hybridized carbons (Fsp3) is 0.333. The fourth-order valence-corrected chi connectivity index (χ4v) is 5.27. The van der Waals surface area contributed by atoms with E-state index in [1.165, 1.54) is 35.3 Å². The van der Waals surface area contributed by atoms with E-state index >= 15 is 0 Å². The SMILES string of the molecule is COC(=O)c1c(-c2ccc(C)cc2)csc1NC(=O)CN1CCN(c2cccc(C)c2C)CC1. The topological polar surface area (TPSA) is 61.9 Å². The molecule has 4 rings (SSSR count). The van der Waals surface area contributed by atoms with E-state index in [0.29, 0.717) is 17.1 Å². The number of hydrogen-bond donors (Lipinski definition) is 1. The normalized spacial score (nSPS) is 14.2. The second-order valence-electron chi connectivity index (χ2n) is 8.74. The summed E-state index contributed by atoms with van der Waals surface area (Å²) in [6.07, 6.45) is 0. The van der Waals surface area contributed by atoms with Gasteiger partial charge in [0.15, 0.2) is 0 Å². The molecule has 1 N–H and O–H groups in total. The van der Waals surface area contributed by atoms with Gasteiger partial charge < -0.3 is 15.0 Å². The molecule has 3 aromatic rings. The van der Waals surface area contributed by atoms with Crippen molar-refractivity contribution in [3.05, 3.63) is 70.1 Å². The summed E-state index contributed by atoms with van der Waals surface area (Å²) in [6.45, 7) is 9.98. The van der Waals surface area contributed by atoms with Gasteiger partial charge in [0.25, 0.3) is 0 Å². The first kappa shape index (κ1) is 24.0. The maximum Gasteiger partial charge on any atom is 0.341 e. The average Bonchev–Trinajstić information content (AvgIpc) is 3.24. The molecule has 7 heteroatoms. The molecule has 2 heterocycles. The van der Waals surface area contributed by atoms with E-state index in [9.17, 15) is 9.59 Å². The Labute approximate surface area is 205 Å². The van der Waals surface area contributed by atoms with E-state index in [4.69, 9.17) is 4.74 Å². The number of ether oxygens (including phenoxy) is 1. The Bertz CT molecular complexity index is 1180. The van der Waals surface area contributed by atoms with Crippen LogP contribution in [-0.2, 0) is 9.53 Å². The Morgan fingerprint density at radius 2 is 1.71 bits per heavy atom. The summed E-state index contributed by atoms with van der Waals surface area (Å²) in [5, 5.41) is 5.38. The van der Waals surface area contributed by atoms with Crippen LogP contribution in [0.4, 0.5) is 10.7 Å². The highest BCUT2D eigenvalue weighted by Gasteiger charge is 2.24. The lowest BCUT2D eigenvalue weighted by molar-refractivity contribution is -0.117. The summed E-state index contributed by atoms with van der Waals surface area (Å²) in [5.74, 6) is -0.572. The maximum absolute atomic E-state index is 12.9. The highest BCUT2D eigenvalue weighted by molar-refractivity contribution is 7.15. The Kier molecular flexibility index (Phi) is 7.34. The number of aryl methyl sites for hydroxylation is 2. The van der Waals surface area contributed by atoms with Crippen molar-refractivity contribution < 1.29 is 14.3 Å². The van der Waals surface area contributed by atoms with Crippen molar-refractivity contribution in [2.75, 3.05) is 50.1 Å². The minimum absolute atomic E-state index is 0.123. The maximum atomic E-state index is 12.9. The van der Waals surface area contributed by atoms with Crippen LogP contribution in [0.25, 0.3) is 11.1 Å². The number of methoxy groups -OCH3 is 1. The van der Waals surface area contributed by atoms with Crippen LogP contribution in [0.2, 0.25) is 0 Å². The quantitative estimate of drug-likeness (QED) is 0.513. The number of piperazine rings is 1. The summed E-state index contributed by atoms with van der Waals surface area (Å²) in [7, 11) is 1.36. The molecular weight excluding hydrogens is 446 g/mol. The van der Waals surface area contributed by atoms with Crippen molar-refractivity contribution in [1.82, 2.24) is 4.90 Å². The van der Waals surface area contributed by atoms with E-state index < -0.39 is 5.97 Å². The minimum Gasteiger partial charge on any atom is -0.465 e. The van der Waals surface area contributed by atoms with Gasteiger partial charge in [-0.15, -0.1) is 11.3 Å². The van der Waals surface area contributed by atoms with Crippen molar-refractivity contribution in [1.29, 1.82) is 0 Å². The smallest absolute Gasteiger partial charge is 0.341 e. The molecule has 1 aromatic heterocycles. The number of carbonyl (C=O) groups excluding carboxylic acids is 2. The molecule has 6 nitrogen and oxygen atoms in total. The number of thiophene rings is 1. The molecule has 0 unspecified atom stereocenters. The van der Waals surface area contributed by atoms with Crippen LogP contribution >= 0.6 is 11.3 Å². The first-order valence-corrected chi connectivity index (χ1v) is 12.4. The molecule has 0 atom stereocenters. The first-order valence-electron chi connectivity index (χ1n) is 11.5. The molecular formula is C27H31N3O3S. The van der Waals surface area contributed by atoms with Gasteiger partial charge in [-0.05, 0) is 43.5 Å². The van der Waals surface area contributed by atoms with Gasteiger partial charge in [-0.2, -0.15) is 0 Å². The molecule has 1 saturated heterocycles. The third-order valence-corrected chi connectivity index (χ3v) is 7.35. The molecule has 1 aliphatic rings. The number of nitrogens with zero attached hydrogens (tertiary/aromatic N) is 2. The Morgan fingerprint density at radius 3 is 2.38 bits per heavy atom. The van der Waals surface area contributed by atoms with Gasteiger partial charge in [0, 0.05) is 42.8 Å². The zero-order chi connectivity index (χ0) is 24.2. The summed E-state index contributed by atoms with van der Waals surface area (Å²) in [5.41, 5.74) is 7.12. The van der Waals surface area contributed by atoms with Gasteiger partial charge in [-0.25, -0.2) is 4.79 Å². The lowest BCUT2D eigenvalue weighted by atomic mass is 10.0. The highest BCUT2D eigenvalue weighted by Crippen LogP contribution is 2.36. The molecule has 34 heavy (non-hydrogen) atoms. The van der Waals surface area contributed by atoms with Crippen molar-refractivity contribution in [2.24, 2.45) is 0 Å². The lowest BCUT2D eigenvalue weighted by Crippen LogP contribution is -2.48. The Hall–Kier alpha value is -3.16. The van der Waals surface area contributed by atoms with E-state index in [2.05, 4.69) is 47.2 Å². The lowest BCUT2D eigenvalue weighted by Gasteiger charge is -2.36. The van der Waals surface area contributed by atoms with Crippen molar-refractivity contribution in [3.8, 4) is 11.1 Å². The van der Waals surface area contributed by atoms with Gasteiger partial charge in [0.05, 0.1) is 13.7 Å². The number of rotatable bonds is 6. The van der Waals surface area contributed by atoms with Crippen molar-refractivity contribution >= 4 is 33.9 Å². The van der Waals surface area contributed by atoms with Crippen molar-refractivity contribution in [3.63, 3.8) is 0 Å². The van der Waals surface area contributed by atoms with Gasteiger partial charge >= 0.3 is 5.97 Å². The zero-order valence-electron chi connectivity index (χ0n) is 20.2. The number of benzene rings is 2. The molecule has 0 aliphatic carbocycles. The van der Waals surface area contributed by atoms with E-state index in [1.54, 1.807) is 0 Å². The zero-order valence-corrected chi connectivity index (χ0v) is 21.0. The van der Waals surface area contributed by atoms with Gasteiger partial charge in [0.2, 0.25) is 5.91 Å². The predicted molar refractivity (Wildman–Crippen MR) is 139 cm³/mol.